The summed E-state index contributed by atoms with van der Waals surface area (Å²) in [6.07, 6.45) is 3.41. The molecule has 0 spiro atoms. The summed E-state index contributed by atoms with van der Waals surface area (Å²) in [5.41, 5.74) is 1.21. The fourth-order valence-electron chi connectivity index (χ4n) is 3.75. The minimum absolute atomic E-state index is 0.120. The van der Waals surface area contributed by atoms with E-state index in [0.29, 0.717) is 22.7 Å². The third-order valence-corrected chi connectivity index (χ3v) is 5.97. The summed E-state index contributed by atoms with van der Waals surface area (Å²) in [5, 5.41) is 24.2. The smallest absolute Gasteiger partial charge is 0.410 e. The predicted octanol–water partition coefficient (Wildman–Crippen LogP) is 4.63. The molecule has 2 atom stereocenters. The third-order valence-electron chi connectivity index (χ3n) is 5.26. The molecule has 0 saturated carbocycles. The van der Waals surface area contributed by atoms with Crippen LogP contribution in [0.1, 0.15) is 23.7 Å². The Kier molecular flexibility index (Phi) is 5.51. The number of hydrogen-bond donors (Lipinski definition) is 4. The summed E-state index contributed by atoms with van der Waals surface area (Å²) >= 11 is 12.6. The Labute approximate surface area is 182 Å². The van der Waals surface area contributed by atoms with Crippen LogP contribution in [0.5, 0.6) is 0 Å². The number of pyridine rings is 1. The van der Waals surface area contributed by atoms with Crippen molar-refractivity contribution in [3.8, 4) is 0 Å². The molecule has 0 bridgehead atoms. The summed E-state index contributed by atoms with van der Waals surface area (Å²) in [4.78, 5) is 22.6. The highest BCUT2D eigenvalue weighted by atomic mass is 35.5. The number of allylic oxidation sites excluding steroid dienone is 1. The van der Waals surface area contributed by atoms with Crippen LogP contribution in [-0.4, -0.2) is 31.4 Å². The van der Waals surface area contributed by atoms with Crippen molar-refractivity contribution in [2.75, 3.05) is 0 Å². The van der Waals surface area contributed by atoms with Crippen molar-refractivity contribution < 1.29 is 15.0 Å². The number of H-pyrrole nitrogens is 1. The Morgan fingerprint density at radius 2 is 2.03 bits per heavy atom. The van der Waals surface area contributed by atoms with Gasteiger partial charge < -0.3 is 15.2 Å². The number of rotatable bonds is 5. The molecule has 1 aliphatic rings. The molecule has 4 rings (SSSR count). The highest BCUT2D eigenvalue weighted by molar-refractivity contribution is 6.67. The van der Waals surface area contributed by atoms with Gasteiger partial charge in [0.25, 0.3) is 0 Å². The van der Waals surface area contributed by atoms with Crippen LogP contribution in [0.2, 0.25) is 5.02 Å². The number of hydrogen-bond acceptors (Lipinski definition) is 4. The van der Waals surface area contributed by atoms with Crippen LogP contribution in [0.15, 0.2) is 65.7 Å². The molecule has 0 saturated heterocycles. The van der Waals surface area contributed by atoms with Gasteiger partial charge in [0, 0.05) is 28.4 Å². The topological polar surface area (TPSA) is 111 Å². The molecule has 4 N–H and O–H groups in total. The lowest BCUT2D eigenvalue weighted by Gasteiger charge is -2.38. The maximum Gasteiger partial charge on any atom is 0.410 e. The fraction of sp³-hybridized carbons (Fsp3) is 0.190. The molecule has 3 aromatic rings. The molecule has 0 radical (unpaired) electrons. The number of benzene rings is 1. The first-order valence-corrected chi connectivity index (χ1v) is 9.94. The molecule has 0 fully saturated rings. The Hall–Kier alpha value is -2.87. The number of nitrogens with zero attached hydrogens (tertiary/aromatic N) is 2. The van der Waals surface area contributed by atoms with Gasteiger partial charge in [-0.05, 0) is 48.7 Å². The van der Waals surface area contributed by atoms with Crippen LogP contribution in [0.25, 0.3) is 11.0 Å². The molecule has 7 nitrogen and oxygen atoms in total. The van der Waals surface area contributed by atoms with E-state index in [-0.39, 0.29) is 17.4 Å². The predicted molar refractivity (Wildman–Crippen MR) is 116 cm³/mol. The van der Waals surface area contributed by atoms with Gasteiger partial charge in [-0.3, -0.25) is 5.32 Å². The average molecular weight is 445 g/mol. The van der Waals surface area contributed by atoms with E-state index in [9.17, 15) is 9.90 Å². The highest BCUT2D eigenvalue weighted by Crippen LogP contribution is 2.47. The van der Waals surface area contributed by atoms with Crippen molar-refractivity contribution in [3.63, 3.8) is 0 Å². The number of aliphatic hydroxyl groups is 1. The van der Waals surface area contributed by atoms with E-state index < -0.39 is 17.6 Å². The van der Waals surface area contributed by atoms with Crippen molar-refractivity contribution in [3.05, 3.63) is 76.8 Å². The molecular formula is C21H18Cl2N4O3. The first kappa shape index (κ1) is 20.4. The number of aliphatic imine (C=N–C) groups is 1. The minimum atomic E-state index is -1.23. The standard InChI is InChI=1S/C21H18Cl2N4O3/c22-13-5-3-12(4-6-13)10-21(8-7-16(26-19(21)23)27-20(29)30)17(28)15-11-25-18-14(15)2-1-9-24-18/h1-7,9,11,17,27-28H,8,10H2,(H,24,25)(H,29,30). The molecule has 2 unspecified atom stereocenters. The maximum absolute atomic E-state index is 11.5. The number of amides is 1. The number of nitrogens with one attached hydrogen (secondary N) is 2. The third kappa shape index (κ3) is 3.79. The minimum Gasteiger partial charge on any atom is -0.465 e. The SMILES string of the molecule is O=C(O)NC1=CCC(Cc2ccc(Cl)cc2)(C(O)c2c[nH]c3ncccc23)C(Cl)=N1. The van der Waals surface area contributed by atoms with Crippen molar-refractivity contribution in [1.82, 2.24) is 15.3 Å². The summed E-state index contributed by atoms with van der Waals surface area (Å²) in [6.45, 7) is 0. The quantitative estimate of drug-likeness (QED) is 0.459. The largest absolute Gasteiger partial charge is 0.465 e. The number of halogens is 2. The van der Waals surface area contributed by atoms with E-state index in [1.807, 2.05) is 18.2 Å². The van der Waals surface area contributed by atoms with Crippen LogP contribution in [0.3, 0.4) is 0 Å². The average Bonchev–Trinajstić information content (AvgIpc) is 3.15. The van der Waals surface area contributed by atoms with Crippen molar-refractivity contribution in [1.29, 1.82) is 0 Å². The highest BCUT2D eigenvalue weighted by Gasteiger charge is 2.45. The summed E-state index contributed by atoms with van der Waals surface area (Å²) in [6, 6.07) is 10.9. The van der Waals surface area contributed by atoms with Gasteiger partial charge in [0.05, 0.1) is 11.5 Å². The summed E-state index contributed by atoms with van der Waals surface area (Å²) in [5.74, 6) is 0.132. The lowest BCUT2D eigenvalue weighted by molar-refractivity contribution is 0.0743. The molecule has 1 aliphatic heterocycles. The van der Waals surface area contributed by atoms with Crippen molar-refractivity contribution in [2.24, 2.45) is 10.4 Å². The molecular weight excluding hydrogens is 427 g/mol. The van der Waals surface area contributed by atoms with Crippen LogP contribution in [0, 0.1) is 5.41 Å². The Morgan fingerprint density at radius 1 is 1.27 bits per heavy atom. The lowest BCUT2D eigenvalue weighted by Crippen LogP contribution is -2.39. The van der Waals surface area contributed by atoms with Crippen LogP contribution in [-0.2, 0) is 6.42 Å². The molecule has 9 heteroatoms. The first-order chi connectivity index (χ1) is 14.4. The molecule has 30 heavy (non-hydrogen) atoms. The van der Waals surface area contributed by atoms with Gasteiger partial charge in [-0.15, -0.1) is 0 Å². The zero-order chi connectivity index (χ0) is 21.3. The van der Waals surface area contributed by atoms with E-state index in [2.05, 4.69) is 20.3 Å². The van der Waals surface area contributed by atoms with Gasteiger partial charge in [0.2, 0.25) is 0 Å². The molecule has 0 aliphatic carbocycles. The number of aromatic nitrogens is 2. The zero-order valence-corrected chi connectivity index (χ0v) is 17.2. The van der Waals surface area contributed by atoms with Crippen LogP contribution < -0.4 is 5.32 Å². The number of fused-ring (bicyclic) bond motifs is 1. The number of aromatic amines is 1. The van der Waals surface area contributed by atoms with Crippen LogP contribution in [0.4, 0.5) is 4.79 Å². The second-order valence-corrected chi connectivity index (χ2v) is 7.93. The van der Waals surface area contributed by atoms with E-state index in [1.165, 1.54) is 0 Å². The van der Waals surface area contributed by atoms with Crippen LogP contribution >= 0.6 is 23.2 Å². The van der Waals surface area contributed by atoms with Crippen molar-refractivity contribution in [2.45, 2.75) is 18.9 Å². The van der Waals surface area contributed by atoms with E-state index in [1.54, 1.807) is 36.7 Å². The Morgan fingerprint density at radius 3 is 2.73 bits per heavy atom. The fourth-order valence-corrected chi connectivity index (χ4v) is 4.21. The van der Waals surface area contributed by atoms with Gasteiger partial charge in [0.15, 0.2) is 0 Å². The zero-order valence-electron chi connectivity index (χ0n) is 15.6. The number of carboxylic acid groups (broad SMARTS) is 1. The van der Waals surface area contributed by atoms with E-state index in [0.717, 1.165) is 10.9 Å². The normalized spacial score (nSPS) is 19.8. The Balaban J connectivity index is 1.78. The molecule has 1 aromatic carbocycles. The second kappa shape index (κ2) is 8.10. The second-order valence-electron chi connectivity index (χ2n) is 7.13. The van der Waals surface area contributed by atoms with Crippen molar-refractivity contribution >= 4 is 45.5 Å². The van der Waals surface area contributed by atoms with Gasteiger partial charge in [-0.2, -0.15) is 0 Å². The molecule has 1 amide bonds. The number of carbonyl (C=O) groups is 1. The van der Waals surface area contributed by atoms with E-state index in [4.69, 9.17) is 28.3 Å². The van der Waals surface area contributed by atoms with E-state index >= 15 is 0 Å². The maximum atomic E-state index is 11.5. The van der Waals surface area contributed by atoms with Gasteiger partial charge in [0.1, 0.15) is 16.6 Å². The molecule has 154 valence electrons. The molecule has 3 heterocycles. The van der Waals surface area contributed by atoms with Gasteiger partial charge in [-0.25, -0.2) is 14.8 Å². The Bertz CT molecular complexity index is 1160. The lowest BCUT2D eigenvalue weighted by atomic mass is 9.71. The van der Waals surface area contributed by atoms with Gasteiger partial charge in [-0.1, -0.05) is 35.3 Å². The monoisotopic (exact) mass is 444 g/mol. The van der Waals surface area contributed by atoms with Gasteiger partial charge >= 0.3 is 6.09 Å². The number of aliphatic hydroxyl groups excluding tert-OH is 1. The first-order valence-electron chi connectivity index (χ1n) is 9.18. The summed E-state index contributed by atoms with van der Waals surface area (Å²) < 4.78 is 0. The summed E-state index contributed by atoms with van der Waals surface area (Å²) in [7, 11) is 0. The molecule has 2 aromatic heterocycles.